The summed E-state index contributed by atoms with van der Waals surface area (Å²) in [6.45, 7) is 4.21. The lowest BCUT2D eigenvalue weighted by Crippen LogP contribution is -2.46. The summed E-state index contributed by atoms with van der Waals surface area (Å²) in [5, 5.41) is 4.13. The molecule has 2 aliphatic heterocycles. The van der Waals surface area contributed by atoms with Gasteiger partial charge in [0.1, 0.15) is 17.3 Å². The summed E-state index contributed by atoms with van der Waals surface area (Å²) in [4.78, 5) is 16.4. The van der Waals surface area contributed by atoms with Gasteiger partial charge < -0.3 is 14.2 Å². The molecule has 0 radical (unpaired) electrons. The summed E-state index contributed by atoms with van der Waals surface area (Å²) in [6, 6.07) is 6.34. The number of ether oxygens (including phenoxy) is 1. The Balaban J connectivity index is 1.49. The van der Waals surface area contributed by atoms with E-state index in [1.807, 2.05) is 11.0 Å². The zero-order valence-corrected chi connectivity index (χ0v) is 13.9. The van der Waals surface area contributed by atoms with Gasteiger partial charge in [-0.15, -0.1) is 0 Å². The number of fused-ring (bicyclic) bond motifs is 1. The lowest BCUT2D eigenvalue weighted by atomic mass is 10.0. The van der Waals surface area contributed by atoms with Gasteiger partial charge in [-0.25, -0.2) is 4.39 Å². The van der Waals surface area contributed by atoms with E-state index in [1.54, 1.807) is 6.07 Å². The first-order chi connectivity index (χ1) is 12.2. The molecule has 1 aromatic heterocycles. The summed E-state index contributed by atoms with van der Waals surface area (Å²) in [6.07, 6.45) is 0.702. The molecule has 0 unspecified atom stereocenters. The third kappa shape index (κ3) is 3.43. The van der Waals surface area contributed by atoms with Gasteiger partial charge in [0.05, 0.1) is 19.8 Å². The largest absolute Gasteiger partial charge is 0.378 e. The van der Waals surface area contributed by atoms with Crippen molar-refractivity contribution in [3.8, 4) is 11.3 Å². The molecule has 132 valence electrons. The van der Waals surface area contributed by atoms with E-state index in [2.05, 4.69) is 10.1 Å². The van der Waals surface area contributed by atoms with Gasteiger partial charge in [-0.2, -0.15) is 0 Å². The second-order valence-corrected chi connectivity index (χ2v) is 6.40. The maximum absolute atomic E-state index is 13.5. The van der Waals surface area contributed by atoms with Crippen LogP contribution in [0.3, 0.4) is 0 Å². The number of hydrogen-bond donors (Lipinski definition) is 0. The van der Waals surface area contributed by atoms with Gasteiger partial charge >= 0.3 is 0 Å². The molecule has 0 spiro atoms. The Kier molecular flexibility index (Phi) is 4.50. The van der Waals surface area contributed by atoms with Crippen LogP contribution in [-0.2, 0) is 22.5 Å². The maximum Gasteiger partial charge on any atom is 0.236 e. The zero-order valence-electron chi connectivity index (χ0n) is 13.9. The highest BCUT2D eigenvalue weighted by Gasteiger charge is 2.27. The molecule has 1 aromatic carbocycles. The Morgan fingerprint density at radius 3 is 2.88 bits per heavy atom. The van der Waals surface area contributed by atoms with Crippen molar-refractivity contribution in [2.75, 3.05) is 39.4 Å². The number of halogens is 1. The highest BCUT2D eigenvalue weighted by molar-refractivity contribution is 5.78. The number of aromatic nitrogens is 1. The van der Waals surface area contributed by atoms with Crippen LogP contribution >= 0.6 is 0 Å². The van der Waals surface area contributed by atoms with E-state index in [9.17, 15) is 9.18 Å². The summed E-state index contributed by atoms with van der Waals surface area (Å²) in [5.74, 6) is 0.647. The smallest absolute Gasteiger partial charge is 0.236 e. The number of carbonyl (C=O) groups excluding carboxylic acids is 1. The van der Waals surface area contributed by atoms with E-state index in [0.29, 0.717) is 57.1 Å². The minimum atomic E-state index is -0.301. The summed E-state index contributed by atoms with van der Waals surface area (Å²) >= 11 is 0. The Morgan fingerprint density at radius 2 is 2.08 bits per heavy atom. The molecule has 1 amide bonds. The molecular formula is C18H20FN3O3. The van der Waals surface area contributed by atoms with Crippen LogP contribution in [-0.4, -0.2) is 60.3 Å². The van der Waals surface area contributed by atoms with Gasteiger partial charge in [0.25, 0.3) is 0 Å². The minimum absolute atomic E-state index is 0.121. The predicted octanol–water partition coefficient (Wildman–Crippen LogP) is 1.70. The van der Waals surface area contributed by atoms with E-state index in [-0.39, 0.29) is 11.7 Å². The molecule has 0 bridgehead atoms. The van der Waals surface area contributed by atoms with Crippen LogP contribution < -0.4 is 0 Å². The first-order valence-corrected chi connectivity index (χ1v) is 8.52. The molecule has 3 heterocycles. The van der Waals surface area contributed by atoms with E-state index in [1.165, 1.54) is 12.1 Å². The number of hydrogen-bond acceptors (Lipinski definition) is 5. The average Bonchev–Trinajstić information content (AvgIpc) is 3.06. The predicted molar refractivity (Wildman–Crippen MR) is 88.3 cm³/mol. The van der Waals surface area contributed by atoms with Gasteiger partial charge in [-0.3, -0.25) is 9.69 Å². The van der Waals surface area contributed by atoms with Crippen LogP contribution in [0.1, 0.15) is 11.3 Å². The van der Waals surface area contributed by atoms with Crippen molar-refractivity contribution >= 4 is 5.91 Å². The first-order valence-electron chi connectivity index (χ1n) is 8.52. The topological polar surface area (TPSA) is 58.8 Å². The molecule has 2 aliphatic rings. The van der Waals surface area contributed by atoms with Crippen LogP contribution in [0, 0.1) is 5.82 Å². The van der Waals surface area contributed by atoms with E-state index in [4.69, 9.17) is 9.26 Å². The van der Waals surface area contributed by atoms with Gasteiger partial charge in [0.2, 0.25) is 5.91 Å². The van der Waals surface area contributed by atoms with Crippen molar-refractivity contribution in [3.63, 3.8) is 0 Å². The lowest BCUT2D eigenvalue weighted by molar-refractivity contribution is -0.136. The van der Waals surface area contributed by atoms with Crippen LogP contribution in [0.5, 0.6) is 0 Å². The number of rotatable bonds is 3. The highest BCUT2D eigenvalue weighted by atomic mass is 19.1. The van der Waals surface area contributed by atoms with Gasteiger partial charge in [0.15, 0.2) is 0 Å². The summed E-state index contributed by atoms with van der Waals surface area (Å²) in [5.41, 5.74) is 2.32. The second kappa shape index (κ2) is 6.93. The number of carbonyl (C=O) groups is 1. The zero-order chi connectivity index (χ0) is 17.2. The summed E-state index contributed by atoms with van der Waals surface area (Å²) in [7, 11) is 0. The van der Waals surface area contributed by atoms with Crippen LogP contribution in [0.25, 0.3) is 11.3 Å². The van der Waals surface area contributed by atoms with Crippen molar-refractivity contribution < 1.29 is 18.4 Å². The molecule has 0 saturated carbocycles. The molecule has 25 heavy (non-hydrogen) atoms. The number of amides is 1. The molecule has 2 aromatic rings. The fraction of sp³-hybridized carbons (Fsp3) is 0.444. The van der Waals surface area contributed by atoms with Gasteiger partial charge in [-0.1, -0.05) is 17.3 Å². The van der Waals surface area contributed by atoms with E-state index >= 15 is 0 Å². The monoisotopic (exact) mass is 345 g/mol. The summed E-state index contributed by atoms with van der Waals surface area (Å²) < 4.78 is 24.2. The van der Waals surface area contributed by atoms with Crippen molar-refractivity contribution in [1.29, 1.82) is 0 Å². The number of nitrogens with zero attached hydrogens (tertiary/aromatic N) is 3. The standard InChI is InChI=1S/C18H20FN3O3/c19-14-3-1-2-13(10-14)18-15-11-21(5-4-16(15)25-20-18)12-17(23)22-6-8-24-9-7-22/h1-3,10H,4-9,11-12H2. The van der Waals surface area contributed by atoms with Gasteiger partial charge in [-0.05, 0) is 12.1 Å². The average molecular weight is 345 g/mol. The molecule has 6 nitrogen and oxygen atoms in total. The Bertz CT molecular complexity index is 771. The third-order valence-corrected chi connectivity index (χ3v) is 4.73. The Labute approximate surface area is 145 Å². The Hall–Kier alpha value is -2.25. The molecule has 0 atom stereocenters. The molecule has 0 aliphatic carbocycles. The van der Waals surface area contributed by atoms with E-state index in [0.717, 1.165) is 17.9 Å². The van der Waals surface area contributed by atoms with Crippen LogP contribution in [0.4, 0.5) is 4.39 Å². The fourth-order valence-corrected chi connectivity index (χ4v) is 3.37. The maximum atomic E-state index is 13.5. The minimum Gasteiger partial charge on any atom is -0.378 e. The van der Waals surface area contributed by atoms with Crippen molar-refractivity contribution in [2.24, 2.45) is 0 Å². The van der Waals surface area contributed by atoms with E-state index < -0.39 is 0 Å². The molecule has 1 fully saturated rings. The van der Waals surface area contributed by atoms with Crippen LogP contribution in [0.15, 0.2) is 28.8 Å². The molecule has 0 N–H and O–H groups in total. The Morgan fingerprint density at radius 1 is 1.24 bits per heavy atom. The molecule has 4 rings (SSSR count). The molecular weight excluding hydrogens is 325 g/mol. The van der Waals surface area contributed by atoms with Gasteiger partial charge in [0, 0.05) is 43.7 Å². The van der Waals surface area contributed by atoms with Crippen LogP contribution in [0.2, 0.25) is 0 Å². The molecule has 1 saturated heterocycles. The first kappa shape index (κ1) is 16.2. The lowest BCUT2D eigenvalue weighted by Gasteiger charge is -2.31. The molecule has 7 heteroatoms. The highest BCUT2D eigenvalue weighted by Crippen LogP contribution is 2.30. The van der Waals surface area contributed by atoms with Crippen molar-refractivity contribution in [1.82, 2.24) is 15.0 Å². The fourth-order valence-electron chi connectivity index (χ4n) is 3.37. The SMILES string of the molecule is O=C(CN1CCc2onc(-c3cccc(F)c3)c2C1)N1CCOCC1. The number of benzene rings is 1. The van der Waals surface area contributed by atoms with Crippen molar-refractivity contribution in [3.05, 3.63) is 41.4 Å². The van der Waals surface area contributed by atoms with Crippen molar-refractivity contribution in [2.45, 2.75) is 13.0 Å². The third-order valence-electron chi connectivity index (χ3n) is 4.73. The normalized spacial score (nSPS) is 18.2. The number of morpholine rings is 1. The second-order valence-electron chi connectivity index (χ2n) is 6.40. The quantitative estimate of drug-likeness (QED) is 0.847.